The Bertz CT molecular complexity index is 941. The molecule has 1 aromatic heterocycles. The predicted molar refractivity (Wildman–Crippen MR) is 111 cm³/mol. The molecule has 2 amide bonds. The number of phenolic OH excluding ortho intramolecular Hbond substituents is 1. The number of phenols is 1. The highest BCUT2D eigenvalue weighted by molar-refractivity contribution is 5.98. The van der Waals surface area contributed by atoms with Crippen molar-refractivity contribution in [1.82, 2.24) is 9.88 Å². The van der Waals surface area contributed by atoms with Gasteiger partial charge in [-0.3, -0.25) is 9.59 Å². The number of piperidine rings is 1. The highest BCUT2D eigenvalue weighted by Gasteiger charge is 2.30. The maximum atomic E-state index is 13.1. The second-order valence-electron chi connectivity index (χ2n) is 8.09. The zero-order valence-corrected chi connectivity index (χ0v) is 16.8. The molecular formula is C23H27N3O3. The maximum Gasteiger partial charge on any atom is 0.257 e. The van der Waals surface area contributed by atoms with Crippen LogP contribution in [0, 0.1) is 12.8 Å². The van der Waals surface area contributed by atoms with Crippen molar-refractivity contribution in [3.8, 4) is 5.75 Å². The van der Waals surface area contributed by atoms with E-state index in [1.807, 2.05) is 25.1 Å². The summed E-state index contributed by atoms with van der Waals surface area (Å²) in [5, 5.41) is 13.3. The van der Waals surface area contributed by atoms with Crippen LogP contribution < -0.4 is 5.32 Å². The fourth-order valence-electron chi connectivity index (χ4n) is 4.33. The van der Waals surface area contributed by atoms with E-state index < -0.39 is 0 Å². The summed E-state index contributed by atoms with van der Waals surface area (Å²) >= 11 is 0. The largest absolute Gasteiger partial charge is 0.507 e. The number of fused-ring (bicyclic) bond motifs is 1. The molecule has 0 saturated carbocycles. The topological polar surface area (TPSA) is 82.5 Å². The third kappa shape index (κ3) is 4.11. The van der Waals surface area contributed by atoms with Crippen LogP contribution in [0.3, 0.4) is 0 Å². The van der Waals surface area contributed by atoms with Crippen LogP contribution in [0.5, 0.6) is 5.75 Å². The number of benzene rings is 1. The first-order chi connectivity index (χ1) is 14.0. The van der Waals surface area contributed by atoms with E-state index in [0.29, 0.717) is 24.5 Å². The number of aromatic nitrogens is 1. The number of anilines is 1. The Morgan fingerprint density at radius 1 is 1.17 bits per heavy atom. The Balaban J connectivity index is 1.47. The number of aryl methyl sites for hydroxylation is 3. The molecule has 1 aliphatic heterocycles. The van der Waals surface area contributed by atoms with Gasteiger partial charge in [-0.15, -0.1) is 0 Å². The van der Waals surface area contributed by atoms with Gasteiger partial charge < -0.3 is 15.3 Å². The molecule has 1 aromatic carbocycles. The summed E-state index contributed by atoms with van der Waals surface area (Å²) in [5.41, 5.74) is 3.57. The minimum absolute atomic E-state index is 0.0475. The number of nitrogens with one attached hydrogen (secondary N) is 1. The monoisotopic (exact) mass is 393 g/mol. The molecule has 1 aliphatic carbocycles. The van der Waals surface area contributed by atoms with Gasteiger partial charge in [-0.2, -0.15) is 0 Å². The number of carbonyl (C=O) groups is 2. The molecule has 29 heavy (non-hydrogen) atoms. The van der Waals surface area contributed by atoms with Crippen molar-refractivity contribution in [1.29, 1.82) is 0 Å². The van der Waals surface area contributed by atoms with E-state index >= 15 is 0 Å². The van der Waals surface area contributed by atoms with Crippen molar-refractivity contribution in [3.05, 3.63) is 52.7 Å². The van der Waals surface area contributed by atoms with E-state index in [2.05, 4.69) is 10.3 Å². The van der Waals surface area contributed by atoms with Crippen molar-refractivity contribution >= 4 is 17.6 Å². The molecule has 1 unspecified atom stereocenters. The molecule has 4 rings (SSSR count). The number of likely N-dealkylation sites (tertiary alicyclic amines) is 1. The van der Waals surface area contributed by atoms with Crippen molar-refractivity contribution in [3.63, 3.8) is 0 Å². The number of amides is 2. The minimum atomic E-state index is -0.283. The summed E-state index contributed by atoms with van der Waals surface area (Å²) in [6, 6.07) is 7.34. The number of carbonyl (C=O) groups excluding carboxylic acids is 2. The number of hydrogen-bond donors (Lipinski definition) is 2. The lowest BCUT2D eigenvalue weighted by molar-refractivity contribution is -0.121. The first-order valence-electron chi connectivity index (χ1n) is 10.4. The van der Waals surface area contributed by atoms with Gasteiger partial charge in [0.2, 0.25) is 5.91 Å². The molecule has 2 heterocycles. The van der Waals surface area contributed by atoms with Crippen LogP contribution in [0.2, 0.25) is 0 Å². The van der Waals surface area contributed by atoms with Crippen LogP contribution in [0.4, 0.5) is 5.82 Å². The number of nitrogens with zero attached hydrogens (tertiary/aromatic N) is 2. The van der Waals surface area contributed by atoms with Gasteiger partial charge in [0.25, 0.3) is 5.91 Å². The zero-order valence-electron chi connectivity index (χ0n) is 16.8. The van der Waals surface area contributed by atoms with Gasteiger partial charge in [0.15, 0.2) is 0 Å². The van der Waals surface area contributed by atoms with E-state index in [9.17, 15) is 14.7 Å². The summed E-state index contributed by atoms with van der Waals surface area (Å²) in [6.07, 6.45) is 7.29. The van der Waals surface area contributed by atoms with Gasteiger partial charge in [0, 0.05) is 19.3 Å². The first-order valence-corrected chi connectivity index (χ1v) is 10.4. The van der Waals surface area contributed by atoms with Crippen molar-refractivity contribution in [2.45, 2.75) is 45.4 Å². The van der Waals surface area contributed by atoms with Crippen LogP contribution >= 0.6 is 0 Å². The van der Waals surface area contributed by atoms with Gasteiger partial charge in [0.1, 0.15) is 11.6 Å². The Hall–Kier alpha value is -2.89. The number of rotatable bonds is 3. The Kier molecular flexibility index (Phi) is 5.51. The molecule has 0 radical (unpaired) electrons. The smallest absolute Gasteiger partial charge is 0.257 e. The fourth-order valence-corrected chi connectivity index (χ4v) is 4.33. The molecule has 0 bridgehead atoms. The predicted octanol–water partition coefficient (Wildman–Crippen LogP) is 3.47. The second kappa shape index (κ2) is 8.23. The molecule has 2 aromatic rings. The Labute approximate surface area is 171 Å². The van der Waals surface area contributed by atoms with Crippen LogP contribution in [0.25, 0.3) is 0 Å². The van der Waals surface area contributed by atoms with Crippen molar-refractivity contribution in [2.24, 2.45) is 5.92 Å². The van der Waals surface area contributed by atoms with Crippen LogP contribution in [0.1, 0.15) is 52.7 Å². The SMILES string of the molecule is Cc1cccnc1NC(=O)C1CCCN(C(=O)c2cc3c(cc2O)CCCC3)C1. The molecule has 6 heteroatoms. The lowest BCUT2D eigenvalue weighted by atomic mass is 9.89. The third-order valence-electron chi connectivity index (χ3n) is 6.02. The summed E-state index contributed by atoms with van der Waals surface area (Å²) < 4.78 is 0. The summed E-state index contributed by atoms with van der Waals surface area (Å²) in [4.78, 5) is 31.8. The minimum Gasteiger partial charge on any atom is -0.507 e. The molecule has 1 fully saturated rings. The number of hydrogen-bond acceptors (Lipinski definition) is 4. The molecule has 6 nitrogen and oxygen atoms in total. The Morgan fingerprint density at radius 2 is 1.93 bits per heavy atom. The molecule has 2 aliphatic rings. The van der Waals surface area contributed by atoms with Crippen LogP contribution in [-0.4, -0.2) is 39.9 Å². The lowest BCUT2D eigenvalue weighted by Gasteiger charge is -2.32. The standard InChI is InChI=1S/C23H27N3O3/c1-15-6-4-10-24-21(15)25-22(28)18-9-5-11-26(14-18)23(29)19-12-16-7-2-3-8-17(16)13-20(19)27/h4,6,10,12-13,18,27H,2-3,5,7-9,11,14H2,1H3,(H,24,25,28). The lowest BCUT2D eigenvalue weighted by Crippen LogP contribution is -2.44. The normalized spacial score (nSPS) is 18.8. The van der Waals surface area contributed by atoms with Gasteiger partial charge in [-0.25, -0.2) is 4.98 Å². The van der Waals surface area contributed by atoms with E-state index in [1.54, 1.807) is 17.2 Å². The fraction of sp³-hybridized carbons (Fsp3) is 0.435. The van der Waals surface area contributed by atoms with Gasteiger partial charge in [-0.1, -0.05) is 6.07 Å². The second-order valence-corrected chi connectivity index (χ2v) is 8.09. The van der Waals surface area contributed by atoms with E-state index in [1.165, 1.54) is 0 Å². The van der Waals surface area contributed by atoms with Gasteiger partial charge in [-0.05, 0) is 80.3 Å². The zero-order chi connectivity index (χ0) is 20.4. The molecule has 1 atom stereocenters. The average molecular weight is 393 g/mol. The van der Waals surface area contributed by atoms with Crippen molar-refractivity contribution < 1.29 is 14.7 Å². The molecule has 152 valence electrons. The van der Waals surface area contributed by atoms with Gasteiger partial charge >= 0.3 is 0 Å². The maximum absolute atomic E-state index is 13.1. The number of aromatic hydroxyl groups is 1. The van der Waals surface area contributed by atoms with E-state index in [-0.39, 0.29) is 23.5 Å². The van der Waals surface area contributed by atoms with Crippen molar-refractivity contribution in [2.75, 3.05) is 18.4 Å². The molecule has 1 saturated heterocycles. The molecule has 2 N–H and O–H groups in total. The van der Waals surface area contributed by atoms with Gasteiger partial charge in [0.05, 0.1) is 11.5 Å². The third-order valence-corrected chi connectivity index (χ3v) is 6.02. The van der Waals surface area contributed by atoms with Crippen LogP contribution in [-0.2, 0) is 17.6 Å². The Morgan fingerprint density at radius 3 is 2.69 bits per heavy atom. The first kappa shape index (κ1) is 19.4. The summed E-state index contributed by atoms with van der Waals surface area (Å²) in [5.74, 6) is 0.0230. The quantitative estimate of drug-likeness (QED) is 0.837. The van der Waals surface area contributed by atoms with Crippen LogP contribution in [0.15, 0.2) is 30.5 Å². The highest BCUT2D eigenvalue weighted by atomic mass is 16.3. The molecular weight excluding hydrogens is 366 g/mol. The van der Waals surface area contributed by atoms with E-state index in [4.69, 9.17) is 0 Å². The molecule has 0 spiro atoms. The summed E-state index contributed by atoms with van der Waals surface area (Å²) in [7, 11) is 0. The highest BCUT2D eigenvalue weighted by Crippen LogP contribution is 2.30. The number of pyridine rings is 1. The average Bonchev–Trinajstić information content (AvgIpc) is 2.74. The summed E-state index contributed by atoms with van der Waals surface area (Å²) in [6.45, 7) is 2.85. The van der Waals surface area contributed by atoms with E-state index in [0.717, 1.165) is 55.2 Å².